The quantitative estimate of drug-likeness (QED) is 0.480. The van der Waals surface area contributed by atoms with Gasteiger partial charge in [-0.2, -0.15) is 0 Å². The van der Waals surface area contributed by atoms with Gasteiger partial charge in [0.1, 0.15) is 5.82 Å². The molecule has 30 heavy (non-hydrogen) atoms. The first-order chi connectivity index (χ1) is 14.4. The molecule has 0 unspecified atom stereocenters. The molecule has 0 saturated heterocycles. The molecule has 3 aromatic carbocycles. The van der Waals surface area contributed by atoms with Crippen molar-refractivity contribution in [3.8, 4) is 0 Å². The summed E-state index contributed by atoms with van der Waals surface area (Å²) in [5.41, 5.74) is 1.95. The Labute approximate surface area is 176 Å². The Morgan fingerprint density at radius 2 is 1.57 bits per heavy atom. The molecule has 148 valence electrons. The Balaban J connectivity index is 1.50. The van der Waals surface area contributed by atoms with Gasteiger partial charge in [-0.1, -0.05) is 35.9 Å². The van der Waals surface area contributed by atoms with Crippen LogP contribution >= 0.6 is 11.6 Å². The van der Waals surface area contributed by atoms with E-state index in [0.29, 0.717) is 22.4 Å². The van der Waals surface area contributed by atoms with Gasteiger partial charge in [0.05, 0.1) is 21.8 Å². The summed E-state index contributed by atoms with van der Waals surface area (Å²) in [5.74, 6) is -1.67. The van der Waals surface area contributed by atoms with E-state index in [9.17, 15) is 18.8 Å². The molecule has 0 spiro atoms. The number of hydrogen-bond donors (Lipinski definition) is 1. The van der Waals surface area contributed by atoms with Gasteiger partial charge in [-0.15, -0.1) is 0 Å². The molecule has 7 heteroatoms. The number of anilines is 2. The van der Waals surface area contributed by atoms with Crippen LogP contribution in [0.15, 0.2) is 72.8 Å². The first-order valence-electron chi connectivity index (χ1n) is 8.96. The van der Waals surface area contributed by atoms with E-state index in [0.717, 1.165) is 4.90 Å². The molecule has 3 aromatic rings. The van der Waals surface area contributed by atoms with E-state index >= 15 is 0 Å². The number of hydrogen-bond acceptors (Lipinski definition) is 3. The van der Waals surface area contributed by atoms with E-state index in [-0.39, 0.29) is 16.5 Å². The van der Waals surface area contributed by atoms with Crippen LogP contribution in [0.4, 0.5) is 15.8 Å². The highest BCUT2D eigenvalue weighted by molar-refractivity contribution is 6.40. The molecule has 0 saturated carbocycles. The van der Waals surface area contributed by atoms with E-state index in [4.69, 9.17) is 11.6 Å². The molecular formula is C23H14ClFN2O3. The van der Waals surface area contributed by atoms with Gasteiger partial charge in [0, 0.05) is 11.8 Å². The van der Waals surface area contributed by atoms with Crippen LogP contribution in [0.2, 0.25) is 5.02 Å². The van der Waals surface area contributed by atoms with E-state index in [1.807, 2.05) is 0 Å². The zero-order valence-corrected chi connectivity index (χ0v) is 16.2. The number of amides is 3. The molecule has 1 N–H and O–H groups in total. The summed E-state index contributed by atoms with van der Waals surface area (Å²) in [6.07, 6.45) is 2.85. The van der Waals surface area contributed by atoms with Gasteiger partial charge in [-0.25, -0.2) is 9.29 Å². The smallest absolute Gasteiger partial charge is 0.266 e. The SMILES string of the molecule is O=C(C=Cc1ccc(F)cc1)Nc1ccc(N2C(=O)c3ccccc3C2=O)c(Cl)c1. The van der Waals surface area contributed by atoms with Crippen molar-refractivity contribution in [2.45, 2.75) is 0 Å². The van der Waals surface area contributed by atoms with E-state index in [2.05, 4.69) is 5.32 Å². The predicted octanol–water partition coefficient (Wildman–Crippen LogP) is 4.93. The zero-order chi connectivity index (χ0) is 21.3. The van der Waals surface area contributed by atoms with Crippen molar-refractivity contribution in [3.63, 3.8) is 0 Å². The topological polar surface area (TPSA) is 66.5 Å². The van der Waals surface area contributed by atoms with Crippen molar-refractivity contribution in [1.82, 2.24) is 0 Å². The summed E-state index contributed by atoms with van der Waals surface area (Å²) in [6, 6.07) is 16.8. The average molecular weight is 421 g/mol. The average Bonchev–Trinajstić information content (AvgIpc) is 2.99. The molecule has 0 atom stereocenters. The molecule has 0 fully saturated rings. The Kier molecular flexibility index (Phi) is 5.16. The first-order valence-corrected chi connectivity index (χ1v) is 9.34. The Hall–Kier alpha value is -3.77. The van der Waals surface area contributed by atoms with Gasteiger partial charge in [0.2, 0.25) is 5.91 Å². The summed E-state index contributed by atoms with van der Waals surface area (Å²) in [6.45, 7) is 0. The second-order valence-electron chi connectivity index (χ2n) is 6.53. The fourth-order valence-corrected chi connectivity index (χ4v) is 3.37. The highest BCUT2D eigenvalue weighted by atomic mass is 35.5. The number of halogens is 2. The number of imide groups is 1. The molecule has 1 aliphatic rings. The van der Waals surface area contributed by atoms with Gasteiger partial charge < -0.3 is 5.32 Å². The highest BCUT2D eigenvalue weighted by Gasteiger charge is 2.37. The van der Waals surface area contributed by atoms with Gasteiger partial charge in [0.25, 0.3) is 11.8 Å². The van der Waals surface area contributed by atoms with Gasteiger partial charge in [-0.05, 0) is 54.1 Å². The summed E-state index contributed by atoms with van der Waals surface area (Å²) in [7, 11) is 0. The second-order valence-corrected chi connectivity index (χ2v) is 6.94. The summed E-state index contributed by atoms with van der Waals surface area (Å²) in [4.78, 5) is 38.4. The van der Waals surface area contributed by atoms with Crippen molar-refractivity contribution >= 4 is 46.8 Å². The molecule has 4 rings (SSSR count). The van der Waals surface area contributed by atoms with Crippen LogP contribution in [0, 0.1) is 5.82 Å². The largest absolute Gasteiger partial charge is 0.322 e. The van der Waals surface area contributed by atoms with E-state index < -0.39 is 17.7 Å². The number of benzene rings is 3. The number of nitrogens with zero attached hydrogens (tertiary/aromatic N) is 1. The number of carbonyl (C=O) groups is 3. The van der Waals surface area contributed by atoms with E-state index in [1.165, 1.54) is 30.3 Å². The molecular weight excluding hydrogens is 407 g/mol. The summed E-state index contributed by atoms with van der Waals surface area (Å²) >= 11 is 6.30. The minimum atomic E-state index is -0.448. The third-order valence-corrected chi connectivity index (χ3v) is 4.85. The standard InChI is InChI=1S/C23H14ClFN2O3/c24-19-13-16(26-21(28)12-7-14-5-8-15(25)9-6-14)10-11-20(19)27-22(29)17-3-1-2-4-18(17)23(27)30/h1-13H,(H,26,28). The molecule has 0 bridgehead atoms. The lowest BCUT2D eigenvalue weighted by molar-refractivity contribution is -0.111. The molecule has 5 nitrogen and oxygen atoms in total. The minimum Gasteiger partial charge on any atom is -0.322 e. The molecule has 3 amide bonds. The van der Waals surface area contributed by atoms with Crippen molar-refractivity contribution in [2.24, 2.45) is 0 Å². The zero-order valence-electron chi connectivity index (χ0n) is 15.4. The summed E-state index contributed by atoms with van der Waals surface area (Å²) in [5, 5.41) is 2.79. The maximum Gasteiger partial charge on any atom is 0.266 e. The van der Waals surface area contributed by atoms with Crippen molar-refractivity contribution < 1.29 is 18.8 Å². The fraction of sp³-hybridized carbons (Fsp3) is 0. The highest BCUT2D eigenvalue weighted by Crippen LogP contribution is 2.34. The van der Waals surface area contributed by atoms with Gasteiger partial charge >= 0.3 is 0 Å². The van der Waals surface area contributed by atoms with Gasteiger partial charge in [-0.3, -0.25) is 14.4 Å². The van der Waals surface area contributed by atoms with Crippen LogP contribution in [0.3, 0.4) is 0 Å². The summed E-state index contributed by atoms with van der Waals surface area (Å²) < 4.78 is 12.9. The third-order valence-electron chi connectivity index (χ3n) is 4.55. The monoisotopic (exact) mass is 420 g/mol. The number of carbonyl (C=O) groups excluding carboxylic acids is 3. The predicted molar refractivity (Wildman–Crippen MR) is 113 cm³/mol. The lowest BCUT2D eigenvalue weighted by Gasteiger charge is -2.16. The van der Waals surface area contributed by atoms with Crippen LogP contribution < -0.4 is 10.2 Å². The molecule has 0 radical (unpaired) electrons. The maximum absolute atomic E-state index is 12.9. The Morgan fingerprint density at radius 3 is 2.17 bits per heavy atom. The maximum atomic E-state index is 12.9. The molecule has 1 aliphatic heterocycles. The fourth-order valence-electron chi connectivity index (χ4n) is 3.10. The van der Waals surface area contributed by atoms with Crippen LogP contribution in [0.25, 0.3) is 6.08 Å². The van der Waals surface area contributed by atoms with Crippen molar-refractivity contribution in [1.29, 1.82) is 0 Å². The third kappa shape index (κ3) is 3.73. The number of rotatable bonds is 4. The first kappa shape index (κ1) is 19.5. The molecule has 1 heterocycles. The van der Waals surface area contributed by atoms with Crippen LogP contribution in [0.1, 0.15) is 26.3 Å². The van der Waals surface area contributed by atoms with Crippen LogP contribution in [0.5, 0.6) is 0 Å². The van der Waals surface area contributed by atoms with Crippen molar-refractivity contribution in [2.75, 3.05) is 10.2 Å². The second kappa shape index (κ2) is 7.93. The Bertz CT molecular complexity index is 1170. The van der Waals surface area contributed by atoms with Crippen LogP contribution in [-0.4, -0.2) is 17.7 Å². The Morgan fingerprint density at radius 1 is 0.933 bits per heavy atom. The van der Waals surface area contributed by atoms with Gasteiger partial charge in [0.15, 0.2) is 0 Å². The number of nitrogens with one attached hydrogen (secondary N) is 1. The van der Waals surface area contributed by atoms with Crippen LogP contribution in [-0.2, 0) is 4.79 Å². The lowest BCUT2D eigenvalue weighted by atomic mass is 10.1. The normalized spacial score (nSPS) is 13.1. The molecule has 0 aromatic heterocycles. The lowest BCUT2D eigenvalue weighted by Crippen LogP contribution is -2.29. The van der Waals surface area contributed by atoms with Crippen molar-refractivity contribution in [3.05, 3.63) is 100 Å². The molecule has 0 aliphatic carbocycles. The number of fused-ring (bicyclic) bond motifs is 1. The minimum absolute atomic E-state index is 0.143. The van der Waals surface area contributed by atoms with E-state index in [1.54, 1.807) is 48.5 Å².